The van der Waals surface area contributed by atoms with Crippen molar-refractivity contribution in [2.75, 3.05) is 0 Å². The van der Waals surface area contributed by atoms with Gasteiger partial charge in [0.05, 0.1) is 4.47 Å². The summed E-state index contributed by atoms with van der Waals surface area (Å²) in [6, 6.07) is 3.76. The number of nitrogens with zero attached hydrogens (tertiary/aromatic N) is 2. The van der Waals surface area contributed by atoms with E-state index in [1.165, 1.54) is 0 Å². The quantitative estimate of drug-likeness (QED) is 0.743. The molecular formula is C6H2Br2N2O. The smallest absolute Gasteiger partial charge is 0.202 e. The van der Waals surface area contributed by atoms with E-state index in [4.69, 9.17) is 4.52 Å². The highest BCUT2D eigenvalue weighted by atomic mass is 79.9. The maximum atomic E-state index is 4.89. The average Bonchev–Trinajstić information content (AvgIpc) is 2.45. The molecule has 0 fully saturated rings. The molecule has 2 aromatic rings. The molecule has 0 saturated heterocycles. The fraction of sp³-hybridized carbons (Fsp3) is 0. The highest BCUT2D eigenvalue weighted by Gasteiger charge is 2.07. The highest BCUT2D eigenvalue weighted by Crippen LogP contribution is 2.27. The number of halogens is 2. The second-order valence-electron chi connectivity index (χ2n) is 1.98. The van der Waals surface area contributed by atoms with E-state index in [0.29, 0.717) is 5.58 Å². The lowest BCUT2D eigenvalue weighted by Gasteiger charge is -1.90. The molecule has 1 aromatic heterocycles. The molecular weight excluding hydrogens is 276 g/mol. The minimum Gasteiger partial charge on any atom is -0.336 e. The zero-order valence-corrected chi connectivity index (χ0v) is 8.39. The minimum atomic E-state index is 0.666. The van der Waals surface area contributed by atoms with E-state index in [2.05, 4.69) is 42.2 Å². The lowest BCUT2D eigenvalue weighted by Crippen LogP contribution is -1.72. The van der Waals surface area contributed by atoms with Crippen LogP contribution in [0.5, 0.6) is 0 Å². The van der Waals surface area contributed by atoms with Crippen molar-refractivity contribution in [1.29, 1.82) is 0 Å². The Labute approximate surface area is 79.0 Å². The third-order valence-corrected chi connectivity index (χ3v) is 2.57. The van der Waals surface area contributed by atoms with Crippen LogP contribution in [0, 0.1) is 0 Å². The molecule has 0 radical (unpaired) electrons. The molecule has 1 heterocycles. The first-order chi connectivity index (χ1) is 5.29. The molecule has 0 aliphatic rings. The Bertz CT molecular complexity index is 362. The van der Waals surface area contributed by atoms with Crippen molar-refractivity contribution < 1.29 is 4.52 Å². The lowest BCUT2D eigenvalue weighted by atomic mass is 10.3. The molecule has 0 atom stereocenters. The van der Waals surface area contributed by atoms with Crippen LogP contribution >= 0.6 is 31.9 Å². The number of rotatable bonds is 0. The molecule has 2 rings (SSSR count). The molecule has 0 aliphatic heterocycles. The highest BCUT2D eigenvalue weighted by molar-refractivity contribution is 9.11. The van der Waals surface area contributed by atoms with Gasteiger partial charge in [-0.05, 0) is 44.0 Å². The summed E-state index contributed by atoms with van der Waals surface area (Å²) in [6.45, 7) is 0. The third-order valence-electron chi connectivity index (χ3n) is 1.31. The zero-order valence-electron chi connectivity index (χ0n) is 5.21. The van der Waals surface area contributed by atoms with Crippen LogP contribution in [-0.2, 0) is 0 Å². The van der Waals surface area contributed by atoms with Crippen molar-refractivity contribution in [3.63, 3.8) is 0 Å². The molecule has 0 spiro atoms. The Morgan fingerprint density at radius 2 is 1.91 bits per heavy atom. The summed E-state index contributed by atoms with van der Waals surface area (Å²) in [5.41, 5.74) is 1.40. The van der Waals surface area contributed by atoms with Gasteiger partial charge in [0, 0.05) is 9.74 Å². The summed E-state index contributed by atoms with van der Waals surface area (Å²) in [5.74, 6) is 0. The van der Waals surface area contributed by atoms with E-state index in [1.54, 1.807) is 0 Å². The van der Waals surface area contributed by atoms with Gasteiger partial charge in [0.1, 0.15) is 5.52 Å². The first-order valence-electron chi connectivity index (χ1n) is 2.85. The molecule has 3 nitrogen and oxygen atoms in total. The molecule has 56 valence electrons. The Hall–Kier alpha value is -0.420. The van der Waals surface area contributed by atoms with Crippen LogP contribution < -0.4 is 0 Å². The summed E-state index contributed by atoms with van der Waals surface area (Å²) >= 11 is 6.64. The maximum Gasteiger partial charge on any atom is 0.202 e. The Morgan fingerprint density at radius 3 is 2.64 bits per heavy atom. The fourth-order valence-electron chi connectivity index (χ4n) is 0.805. The molecule has 0 unspecified atom stereocenters. The fourth-order valence-corrected chi connectivity index (χ4v) is 1.59. The maximum absolute atomic E-state index is 4.89. The average molecular weight is 278 g/mol. The van der Waals surface area contributed by atoms with Crippen LogP contribution in [0.15, 0.2) is 25.6 Å². The monoisotopic (exact) mass is 276 g/mol. The molecule has 0 saturated carbocycles. The first-order valence-corrected chi connectivity index (χ1v) is 4.43. The van der Waals surface area contributed by atoms with Crippen LogP contribution in [-0.4, -0.2) is 10.4 Å². The number of benzene rings is 1. The van der Waals surface area contributed by atoms with E-state index in [-0.39, 0.29) is 0 Å². The van der Waals surface area contributed by atoms with E-state index < -0.39 is 0 Å². The predicted molar refractivity (Wildman–Crippen MR) is 47.2 cm³/mol. The van der Waals surface area contributed by atoms with E-state index in [1.807, 2.05) is 12.1 Å². The summed E-state index contributed by atoms with van der Waals surface area (Å²) in [4.78, 5) is 0. The van der Waals surface area contributed by atoms with Crippen LogP contribution in [0.25, 0.3) is 11.1 Å². The van der Waals surface area contributed by atoms with Crippen molar-refractivity contribution in [3.8, 4) is 0 Å². The number of hydrogen-bond donors (Lipinski definition) is 0. The Balaban J connectivity index is 2.96. The van der Waals surface area contributed by atoms with Crippen molar-refractivity contribution in [2.45, 2.75) is 0 Å². The number of aromatic nitrogens is 2. The normalized spacial score (nSPS) is 10.7. The first kappa shape index (κ1) is 7.24. The van der Waals surface area contributed by atoms with Gasteiger partial charge in [-0.3, -0.25) is 0 Å². The van der Waals surface area contributed by atoms with Crippen molar-refractivity contribution in [2.24, 2.45) is 0 Å². The van der Waals surface area contributed by atoms with Gasteiger partial charge < -0.3 is 4.52 Å². The van der Waals surface area contributed by atoms with E-state index >= 15 is 0 Å². The Kier molecular flexibility index (Phi) is 1.69. The van der Waals surface area contributed by atoms with Gasteiger partial charge in [-0.2, -0.15) is 0 Å². The van der Waals surface area contributed by atoms with Crippen LogP contribution in [0.2, 0.25) is 0 Å². The van der Waals surface area contributed by atoms with Crippen molar-refractivity contribution in [1.82, 2.24) is 10.4 Å². The third kappa shape index (κ3) is 1.08. The zero-order chi connectivity index (χ0) is 7.84. The molecule has 0 bridgehead atoms. The number of fused-ring (bicyclic) bond motifs is 1. The summed E-state index contributed by atoms with van der Waals surface area (Å²) in [5, 5.41) is 7.22. The Morgan fingerprint density at radius 1 is 1.18 bits per heavy atom. The largest absolute Gasteiger partial charge is 0.336 e. The van der Waals surface area contributed by atoms with Crippen molar-refractivity contribution >= 4 is 43.0 Å². The second-order valence-corrected chi connectivity index (χ2v) is 3.69. The summed E-state index contributed by atoms with van der Waals surface area (Å²) in [7, 11) is 0. The van der Waals surface area contributed by atoms with Gasteiger partial charge in [-0.1, -0.05) is 0 Å². The van der Waals surface area contributed by atoms with Gasteiger partial charge in [-0.15, -0.1) is 5.10 Å². The molecule has 0 amide bonds. The molecule has 11 heavy (non-hydrogen) atoms. The van der Waals surface area contributed by atoms with Crippen LogP contribution in [0.3, 0.4) is 0 Å². The van der Waals surface area contributed by atoms with Crippen LogP contribution in [0.1, 0.15) is 0 Å². The van der Waals surface area contributed by atoms with Gasteiger partial charge >= 0.3 is 0 Å². The SMILES string of the molecule is Brc1ccc(Br)c2onnc12. The van der Waals surface area contributed by atoms with E-state index in [0.717, 1.165) is 14.5 Å². The molecule has 1 aromatic carbocycles. The van der Waals surface area contributed by atoms with Gasteiger partial charge in [0.2, 0.25) is 5.58 Å². The summed E-state index contributed by atoms with van der Waals surface area (Å²) in [6.07, 6.45) is 0. The summed E-state index contributed by atoms with van der Waals surface area (Å²) < 4.78 is 6.64. The second kappa shape index (κ2) is 2.57. The minimum absolute atomic E-state index is 0.666. The number of hydrogen-bond acceptors (Lipinski definition) is 3. The molecule has 5 heteroatoms. The lowest BCUT2D eigenvalue weighted by molar-refractivity contribution is 0.423. The topological polar surface area (TPSA) is 38.9 Å². The standard InChI is InChI=1S/C6H2Br2N2O/c7-3-1-2-4(8)6-5(3)9-10-11-6/h1-2H. The molecule has 0 N–H and O–H groups in total. The van der Waals surface area contributed by atoms with Gasteiger partial charge in [-0.25, -0.2) is 0 Å². The van der Waals surface area contributed by atoms with Gasteiger partial charge in [0.15, 0.2) is 0 Å². The molecule has 0 aliphatic carbocycles. The van der Waals surface area contributed by atoms with Crippen molar-refractivity contribution in [3.05, 3.63) is 21.1 Å². The van der Waals surface area contributed by atoms with E-state index in [9.17, 15) is 0 Å². The predicted octanol–water partition coefficient (Wildman–Crippen LogP) is 2.75. The van der Waals surface area contributed by atoms with Gasteiger partial charge in [0.25, 0.3) is 0 Å². The van der Waals surface area contributed by atoms with Crippen LogP contribution in [0.4, 0.5) is 0 Å².